The van der Waals surface area contributed by atoms with Crippen molar-refractivity contribution in [1.82, 2.24) is 0 Å². The van der Waals surface area contributed by atoms with Gasteiger partial charge in [-0.05, 0) is 61.9 Å². The minimum Gasteiger partial charge on any atom is -0.444 e. The molecule has 4 bridgehead atoms. The second-order valence-electron chi connectivity index (χ2n) is 11.7. The van der Waals surface area contributed by atoms with E-state index in [2.05, 4.69) is 95.7 Å². The molecule has 1 N–H and O–H groups in total. The van der Waals surface area contributed by atoms with E-state index in [0.29, 0.717) is 12.8 Å². The minimum absolute atomic E-state index is 0.0833. The summed E-state index contributed by atoms with van der Waals surface area (Å²) < 4.78 is 99.8. The Balaban J connectivity index is 0.000000186. The molecule has 3 aromatic carbocycles. The zero-order valence-corrected chi connectivity index (χ0v) is 25.4. The van der Waals surface area contributed by atoms with Gasteiger partial charge in [0.2, 0.25) is 0 Å². The van der Waals surface area contributed by atoms with Crippen molar-refractivity contribution in [2.75, 3.05) is 0 Å². The third-order valence-electron chi connectivity index (χ3n) is 8.64. The van der Waals surface area contributed by atoms with E-state index in [1.54, 1.807) is 0 Å². The molecule has 3 aromatic rings. The number of ketones is 1. The third kappa shape index (κ3) is 6.83. The fourth-order valence-corrected chi connectivity index (χ4v) is 9.63. The number of rotatable bonds is 7. The Labute approximate surface area is 258 Å². The van der Waals surface area contributed by atoms with Crippen LogP contribution in [0.1, 0.15) is 32.1 Å². The quantitative estimate of drug-likeness (QED) is 0.148. The van der Waals surface area contributed by atoms with Crippen LogP contribution < -0.4 is 15.9 Å². The number of ether oxygens (including phenoxy) is 1. The van der Waals surface area contributed by atoms with Gasteiger partial charge < -0.3 is 4.74 Å². The Bertz CT molecular complexity index is 1510. The van der Waals surface area contributed by atoms with E-state index in [1.165, 1.54) is 15.9 Å². The summed E-state index contributed by atoms with van der Waals surface area (Å²) in [5.41, 5.74) is -1.51. The predicted molar refractivity (Wildman–Crippen MR) is 159 cm³/mol. The van der Waals surface area contributed by atoms with Crippen LogP contribution in [0.4, 0.5) is 22.0 Å². The van der Waals surface area contributed by atoms with Crippen LogP contribution >= 0.6 is 7.92 Å². The Kier molecular flexibility index (Phi) is 9.23. The van der Waals surface area contributed by atoms with E-state index in [1.807, 2.05) is 0 Å². The number of benzene rings is 3. The molecule has 0 radical (unpaired) electrons. The van der Waals surface area contributed by atoms with Crippen molar-refractivity contribution in [2.24, 2.45) is 23.2 Å². The standard InChI is InChI=1S/C18H15P.C14H15F5O6S/c1-4-10-16(11-5-1)19(17-12-6-2-7-13-17)18-14-8-3-9-15-18;15-13(16,17)10(14(18,19)26(22,23)24)25-11(21)12-3-6-1-7(4-12)9(20)8(2-6)5-12/h1-15H;6-8,10H,1-5H2,(H,22,23,24). The Morgan fingerprint density at radius 1 is 0.778 bits per heavy atom. The highest BCUT2D eigenvalue weighted by Crippen LogP contribution is 2.59. The van der Waals surface area contributed by atoms with Gasteiger partial charge in [0.05, 0.1) is 5.41 Å². The molecule has 13 heteroatoms. The van der Waals surface area contributed by atoms with E-state index in [9.17, 15) is 40.0 Å². The Hall–Kier alpha value is -3.21. The molecule has 0 saturated heterocycles. The summed E-state index contributed by atoms with van der Waals surface area (Å²) in [7, 11) is -6.93. The summed E-state index contributed by atoms with van der Waals surface area (Å²) in [4.78, 5) is 24.4. The number of carbonyl (C=O) groups is 2. The second-order valence-corrected chi connectivity index (χ2v) is 15.4. The Morgan fingerprint density at radius 3 is 1.53 bits per heavy atom. The van der Waals surface area contributed by atoms with Crippen LogP contribution in [0.2, 0.25) is 0 Å². The lowest BCUT2D eigenvalue weighted by molar-refractivity contribution is -0.265. The summed E-state index contributed by atoms with van der Waals surface area (Å²) >= 11 is 0. The van der Waals surface area contributed by atoms with E-state index >= 15 is 0 Å². The van der Waals surface area contributed by atoms with E-state index in [0.717, 1.165) is 0 Å². The average Bonchev–Trinajstić information content (AvgIpc) is 2.99. The lowest BCUT2D eigenvalue weighted by Crippen LogP contribution is -2.58. The van der Waals surface area contributed by atoms with Crippen molar-refractivity contribution in [3.63, 3.8) is 0 Å². The van der Waals surface area contributed by atoms with Gasteiger partial charge in [-0.2, -0.15) is 30.4 Å². The van der Waals surface area contributed by atoms with Gasteiger partial charge in [0.25, 0.3) is 6.10 Å². The van der Waals surface area contributed by atoms with Gasteiger partial charge in [-0.3, -0.25) is 14.1 Å². The molecule has 4 fully saturated rings. The van der Waals surface area contributed by atoms with Crippen molar-refractivity contribution in [3.8, 4) is 0 Å². The van der Waals surface area contributed by atoms with Gasteiger partial charge in [0.1, 0.15) is 5.78 Å². The minimum atomic E-state index is -6.48. The van der Waals surface area contributed by atoms with E-state index < -0.39 is 58.8 Å². The zero-order chi connectivity index (χ0) is 32.6. The van der Waals surface area contributed by atoms with Crippen LogP contribution in [-0.4, -0.2) is 42.3 Å². The monoisotopic (exact) mass is 668 g/mol. The molecule has 6 nitrogen and oxygen atoms in total. The van der Waals surface area contributed by atoms with Crippen LogP contribution in [0.3, 0.4) is 0 Å². The molecule has 0 amide bonds. The second kappa shape index (κ2) is 12.5. The molecule has 0 spiro atoms. The molecule has 0 aromatic heterocycles. The van der Waals surface area contributed by atoms with Gasteiger partial charge in [0, 0.05) is 11.8 Å². The summed E-state index contributed by atoms with van der Waals surface area (Å²) in [6.45, 7) is 0. The first kappa shape index (κ1) is 33.2. The van der Waals surface area contributed by atoms with Gasteiger partial charge in [-0.15, -0.1) is 0 Å². The number of esters is 1. The van der Waals surface area contributed by atoms with Gasteiger partial charge >= 0.3 is 27.5 Å². The molecule has 4 aliphatic rings. The molecule has 240 valence electrons. The third-order valence-corrected chi connectivity index (χ3v) is 12.0. The van der Waals surface area contributed by atoms with Crippen molar-refractivity contribution < 1.29 is 49.2 Å². The maximum absolute atomic E-state index is 13.6. The first-order valence-corrected chi connectivity index (χ1v) is 17.0. The fraction of sp³-hybridized carbons (Fsp3) is 0.375. The number of carbonyl (C=O) groups excluding carboxylic acids is 2. The van der Waals surface area contributed by atoms with Crippen LogP contribution in [0.15, 0.2) is 91.0 Å². The highest BCUT2D eigenvalue weighted by atomic mass is 32.2. The highest BCUT2D eigenvalue weighted by Gasteiger charge is 2.68. The first-order valence-electron chi connectivity index (χ1n) is 14.2. The SMILES string of the molecule is O=C1C2CC3CC1CC(C(=O)OC(C(F)(F)F)C(F)(F)S(=O)(=O)O)(C3)C2.c1ccc(P(c2ccccc2)c2ccccc2)cc1. The van der Waals surface area contributed by atoms with E-state index in [4.69, 9.17) is 4.55 Å². The fourth-order valence-electron chi connectivity index (χ4n) is 6.87. The summed E-state index contributed by atoms with van der Waals surface area (Å²) in [6, 6.07) is 32.3. The zero-order valence-electron chi connectivity index (χ0n) is 23.7. The summed E-state index contributed by atoms with van der Waals surface area (Å²) in [6.07, 6.45) is -9.36. The van der Waals surface area contributed by atoms with Crippen molar-refractivity contribution in [3.05, 3.63) is 91.0 Å². The molecule has 4 aliphatic carbocycles. The average molecular weight is 669 g/mol. The van der Waals surface area contributed by atoms with E-state index in [-0.39, 0.29) is 31.0 Å². The summed E-state index contributed by atoms with van der Waals surface area (Å²) in [5.74, 6) is -2.83. The summed E-state index contributed by atoms with van der Waals surface area (Å²) in [5, 5.41) is -1.56. The normalized spacial score (nSPS) is 25.0. The number of alkyl halides is 5. The molecule has 3 atom stereocenters. The molecule has 0 aliphatic heterocycles. The highest BCUT2D eigenvalue weighted by molar-refractivity contribution is 7.86. The smallest absolute Gasteiger partial charge is 0.432 e. The number of hydrogen-bond acceptors (Lipinski definition) is 5. The lowest BCUT2D eigenvalue weighted by Gasteiger charge is -2.54. The van der Waals surface area contributed by atoms with Crippen LogP contribution in [0.25, 0.3) is 0 Å². The molecule has 0 heterocycles. The van der Waals surface area contributed by atoms with Gasteiger partial charge in [-0.25, -0.2) is 0 Å². The van der Waals surface area contributed by atoms with Gasteiger partial charge in [-0.1, -0.05) is 91.0 Å². The topological polar surface area (TPSA) is 97.7 Å². The van der Waals surface area contributed by atoms with Crippen molar-refractivity contribution >= 4 is 45.7 Å². The molecule has 7 rings (SSSR count). The molecule has 45 heavy (non-hydrogen) atoms. The van der Waals surface area contributed by atoms with Gasteiger partial charge in [0.15, 0.2) is 0 Å². The van der Waals surface area contributed by atoms with Crippen molar-refractivity contribution in [1.29, 1.82) is 0 Å². The first-order chi connectivity index (χ1) is 21.1. The molecular weight excluding hydrogens is 638 g/mol. The largest absolute Gasteiger partial charge is 0.444 e. The number of hydrogen-bond donors (Lipinski definition) is 1. The van der Waals surface area contributed by atoms with Crippen LogP contribution in [0.5, 0.6) is 0 Å². The lowest BCUT2D eigenvalue weighted by atomic mass is 9.49. The van der Waals surface area contributed by atoms with Crippen molar-refractivity contribution in [2.45, 2.75) is 49.6 Å². The Morgan fingerprint density at radius 2 is 1.18 bits per heavy atom. The van der Waals surface area contributed by atoms with Crippen LogP contribution in [-0.2, 0) is 24.4 Å². The maximum Gasteiger partial charge on any atom is 0.432 e. The number of Topliss-reactive ketones (excluding diaryl/α,β-unsaturated/α-hetero) is 1. The molecule has 4 saturated carbocycles. The number of halogens is 5. The maximum atomic E-state index is 13.6. The molecular formula is C32H30F5O6PS. The molecule has 3 unspecified atom stereocenters. The van der Waals surface area contributed by atoms with Crippen LogP contribution in [0, 0.1) is 23.2 Å². The predicted octanol–water partition coefficient (Wildman–Crippen LogP) is 5.78.